The molecule has 0 bridgehead atoms. The molecule has 0 saturated carbocycles. The minimum atomic E-state index is 0.104. The lowest BCUT2D eigenvalue weighted by molar-refractivity contribution is -0.00123. The summed E-state index contributed by atoms with van der Waals surface area (Å²) in [5.41, 5.74) is 1.11. The van der Waals surface area contributed by atoms with Gasteiger partial charge in [-0.2, -0.15) is 0 Å². The quantitative estimate of drug-likeness (QED) is 0.828. The topological polar surface area (TPSA) is 43.4 Å². The first kappa shape index (κ1) is 15.6. The van der Waals surface area contributed by atoms with Crippen LogP contribution in [0, 0.1) is 0 Å². The van der Waals surface area contributed by atoms with Crippen LogP contribution in [-0.2, 0) is 22.6 Å². The summed E-state index contributed by atoms with van der Waals surface area (Å²) in [5.74, 6) is 0. The van der Waals surface area contributed by atoms with Crippen molar-refractivity contribution in [2.24, 2.45) is 0 Å². The Morgan fingerprint density at radius 3 is 2.78 bits per heavy atom. The number of nitrogens with zero attached hydrogens (tertiary/aromatic N) is 1. The van der Waals surface area contributed by atoms with E-state index in [4.69, 9.17) is 9.47 Å². The van der Waals surface area contributed by atoms with E-state index in [-0.39, 0.29) is 11.6 Å². The minimum absolute atomic E-state index is 0.104. The lowest BCUT2D eigenvalue weighted by Crippen LogP contribution is -2.35. The van der Waals surface area contributed by atoms with Crippen LogP contribution < -0.4 is 5.32 Å². The summed E-state index contributed by atoms with van der Waals surface area (Å²) in [7, 11) is 1.68. The molecule has 0 aromatic carbocycles. The molecule has 1 unspecified atom stereocenters. The average Bonchev–Trinajstić information content (AvgIpc) is 2.71. The van der Waals surface area contributed by atoms with Crippen molar-refractivity contribution in [1.82, 2.24) is 10.3 Å². The number of hydrogen-bond acceptors (Lipinski definition) is 5. The van der Waals surface area contributed by atoms with Crippen molar-refractivity contribution in [3.63, 3.8) is 0 Å². The molecule has 1 aromatic heterocycles. The first-order valence-electron chi connectivity index (χ1n) is 6.19. The maximum absolute atomic E-state index is 5.63. The molecule has 1 atom stereocenters. The summed E-state index contributed by atoms with van der Waals surface area (Å²) in [4.78, 5) is 4.54. The Kier molecular flexibility index (Phi) is 6.21. The van der Waals surface area contributed by atoms with E-state index in [0.29, 0.717) is 13.2 Å². The molecule has 104 valence electrons. The van der Waals surface area contributed by atoms with Crippen LogP contribution in [0.25, 0.3) is 0 Å². The molecule has 4 nitrogen and oxygen atoms in total. The van der Waals surface area contributed by atoms with Gasteiger partial charge in [0.05, 0.1) is 25.0 Å². The van der Waals surface area contributed by atoms with Gasteiger partial charge in [0.1, 0.15) is 5.01 Å². The van der Waals surface area contributed by atoms with Crippen LogP contribution >= 0.6 is 11.3 Å². The van der Waals surface area contributed by atoms with E-state index in [1.165, 1.54) is 0 Å². The molecule has 18 heavy (non-hydrogen) atoms. The van der Waals surface area contributed by atoms with Gasteiger partial charge in [0.25, 0.3) is 0 Å². The third-order valence-electron chi connectivity index (χ3n) is 2.29. The van der Waals surface area contributed by atoms with Crippen LogP contribution in [0.4, 0.5) is 0 Å². The predicted molar refractivity (Wildman–Crippen MR) is 74.8 cm³/mol. The van der Waals surface area contributed by atoms with Gasteiger partial charge in [-0.3, -0.25) is 0 Å². The van der Waals surface area contributed by atoms with Crippen LogP contribution in [0.1, 0.15) is 38.4 Å². The zero-order valence-corrected chi connectivity index (χ0v) is 12.8. The molecule has 0 aliphatic rings. The van der Waals surface area contributed by atoms with E-state index in [1.807, 2.05) is 6.92 Å². The Balaban J connectivity index is 2.34. The predicted octanol–water partition coefficient (Wildman–Crippen LogP) is 2.58. The highest BCUT2D eigenvalue weighted by Crippen LogP contribution is 2.12. The lowest BCUT2D eigenvalue weighted by Gasteiger charge is -2.19. The third-order valence-corrected chi connectivity index (χ3v) is 3.18. The zero-order valence-electron chi connectivity index (χ0n) is 11.9. The van der Waals surface area contributed by atoms with Gasteiger partial charge in [-0.15, -0.1) is 11.3 Å². The zero-order chi connectivity index (χ0) is 13.6. The second-order valence-electron chi connectivity index (χ2n) is 5.41. The van der Waals surface area contributed by atoms with E-state index in [9.17, 15) is 0 Å². The van der Waals surface area contributed by atoms with Crippen molar-refractivity contribution >= 4 is 11.3 Å². The van der Waals surface area contributed by atoms with E-state index in [1.54, 1.807) is 18.4 Å². The smallest absolute Gasteiger partial charge is 0.107 e. The van der Waals surface area contributed by atoms with Gasteiger partial charge in [0.2, 0.25) is 0 Å². The van der Waals surface area contributed by atoms with Gasteiger partial charge in [0, 0.05) is 24.6 Å². The average molecular weight is 272 g/mol. The highest BCUT2D eigenvalue weighted by molar-refractivity contribution is 7.09. The fourth-order valence-corrected chi connectivity index (χ4v) is 2.07. The number of nitrogens with one attached hydrogen (secondary N) is 1. The summed E-state index contributed by atoms with van der Waals surface area (Å²) in [6, 6.07) is 0. The molecule has 5 heteroatoms. The van der Waals surface area contributed by atoms with Crippen LogP contribution in [0.15, 0.2) is 5.38 Å². The number of thiazole rings is 1. The number of rotatable bonds is 7. The number of aromatic nitrogens is 1. The highest BCUT2D eigenvalue weighted by atomic mass is 32.1. The summed E-state index contributed by atoms with van der Waals surface area (Å²) in [5, 5.41) is 6.58. The molecule has 0 saturated heterocycles. The second kappa shape index (κ2) is 7.19. The molecule has 0 amide bonds. The first-order chi connectivity index (χ1) is 8.40. The molecule has 1 heterocycles. The van der Waals surface area contributed by atoms with Crippen LogP contribution in [-0.4, -0.2) is 30.3 Å². The summed E-state index contributed by atoms with van der Waals surface area (Å²) >= 11 is 1.67. The molecule has 1 N–H and O–H groups in total. The molecule has 0 fully saturated rings. The van der Waals surface area contributed by atoms with Crippen LogP contribution in [0.5, 0.6) is 0 Å². The fourth-order valence-electron chi connectivity index (χ4n) is 1.35. The van der Waals surface area contributed by atoms with Crippen molar-refractivity contribution in [3.05, 3.63) is 16.1 Å². The summed E-state index contributed by atoms with van der Waals surface area (Å²) < 4.78 is 10.6. The lowest BCUT2D eigenvalue weighted by atomic mass is 10.1. The van der Waals surface area contributed by atoms with Gasteiger partial charge in [0.15, 0.2) is 0 Å². The van der Waals surface area contributed by atoms with Gasteiger partial charge >= 0.3 is 0 Å². The number of hydrogen-bond donors (Lipinski definition) is 1. The summed E-state index contributed by atoms with van der Waals surface area (Å²) in [6.07, 6.45) is 0.104. The van der Waals surface area contributed by atoms with E-state index >= 15 is 0 Å². The minimum Gasteiger partial charge on any atom is -0.382 e. The largest absolute Gasteiger partial charge is 0.382 e. The molecule has 0 spiro atoms. The third kappa shape index (κ3) is 6.44. The van der Waals surface area contributed by atoms with Crippen molar-refractivity contribution in [3.8, 4) is 0 Å². The Hall–Kier alpha value is -0.490. The van der Waals surface area contributed by atoms with Gasteiger partial charge in [-0.1, -0.05) is 0 Å². The Bertz CT molecular complexity index is 347. The van der Waals surface area contributed by atoms with Gasteiger partial charge in [-0.25, -0.2) is 4.98 Å². The van der Waals surface area contributed by atoms with Crippen LogP contribution in [0.2, 0.25) is 0 Å². The van der Waals surface area contributed by atoms with Crippen molar-refractivity contribution in [1.29, 1.82) is 0 Å². The van der Waals surface area contributed by atoms with Crippen molar-refractivity contribution in [2.75, 3.05) is 13.7 Å². The maximum atomic E-state index is 5.63. The van der Waals surface area contributed by atoms with Crippen LogP contribution in [0.3, 0.4) is 0 Å². The Morgan fingerprint density at radius 1 is 1.44 bits per heavy atom. The standard InChI is InChI=1S/C13H24N2O2S/c1-10(7-16-5)17-8-11-9-18-12(15-11)6-14-13(2,3)4/h9-10,14H,6-8H2,1-5H3. The maximum Gasteiger partial charge on any atom is 0.107 e. The summed E-state index contributed by atoms with van der Waals surface area (Å²) in [6.45, 7) is 10.4. The molecule has 1 aromatic rings. The monoisotopic (exact) mass is 272 g/mol. The first-order valence-corrected chi connectivity index (χ1v) is 7.07. The number of ether oxygens (including phenoxy) is 2. The SMILES string of the molecule is COCC(C)OCc1csc(CNC(C)(C)C)n1. The molecule has 1 rings (SSSR count). The molecule has 0 aliphatic heterocycles. The van der Waals surface area contributed by atoms with E-state index in [0.717, 1.165) is 17.2 Å². The van der Waals surface area contributed by atoms with Crippen molar-refractivity contribution < 1.29 is 9.47 Å². The van der Waals surface area contributed by atoms with Gasteiger partial charge in [-0.05, 0) is 27.7 Å². The molecule has 0 aliphatic carbocycles. The van der Waals surface area contributed by atoms with E-state index in [2.05, 4.69) is 36.5 Å². The highest BCUT2D eigenvalue weighted by Gasteiger charge is 2.10. The Labute approximate surface area is 114 Å². The Morgan fingerprint density at radius 2 is 2.17 bits per heavy atom. The fraction of sp³-hybridized carbons (Fsp3) is 0.769. The molecular formula is C13H24N2O2S. The molecular weight excluding hydrogens is 248 g/mol. The number of methoxy groups -OCH3 is 1. The normalized spacial score (nSPS) is 13.8. The van der Waals surface area contributed by atoms with E-state index < -0.39 is 0 Å². The molecule has 0 radical (unpaired) electrons. The second-order valence-corrected chi connectivity index (χ2v) is 6.36. The van der Waals surface area contributed by atoms with Crippen molar-refractivity contribution in [2.45, 2.75) is 52.5 Å². The van der Waals surface area contributed by atoms with Gasteiger partial charge < -0.3 is 14.8 Å².